The SMILES string of the molecule is CC[C@H](C)[C@@H]([C@@H](CC(=O)N1CCC[C@H]1[C@H](OC)[C@@H](C)C(=O)N[C@H](C)[C@@H](O)c1ccccc1)OC)N(C)C(=O)[C@@H](NC(=O)[C@H](C(C)C)N(C)C(=O)OCc1ccc(O[C@@H]2O[C@H](COC(C)=O)[C@@H](OC(C)=O)[C@H](OC(C)=O)[C@H]2OC(C)=O)c(CNC(=O)CCNC(=O)OCC2c3ccccc3-c3ccccc32)c1)C(C)C. The van der Waals surface area contributed by atoms with Crippen LogP contribution in [-0.2, 0) is 98.9 Å². The van der Waals surface area contributed by atoms with Crippen LogP contribution in [0.5, 0.6) is 5.75 Å². The normalized spacial score (nSPS) is 19.8. The molecule has 0 spiro atoms. The lowest BCUT2D eigenvalue weighted by Gasteiger charge is -2.44. The van der Waals surface area contributed by atoms with Crippen molar-refractivity contribution >= 4 is 65.6 Å². The Kier molecular flexibility index (Phi) is 32.3. The van der Waals surface area contributed by atoms with E-state index in [1.807, 2.05) is 80.6 Å². The summed E-state index contributed by atoms with van der Waals surface area (Å²) in [5.74, 6) is -7.86. The number of rotatable bonds is 36. The van der Waals surface area contributed by atoms with Crippen LogP contribution in [-0.4, -0.2) is 213 Å². The van der Waals surface area contributed by atoms with Crippen LogP contribution in [0.25, 0.3) is 11.1 Å². The van der Waals surface area contributed by atoms with Crippen LogP contribution in [0.3, 0.4) is 0 Å². The van der Waals surface area contributed by atoms with Crippen molar-refractivity contribution < 1.29 is 105 Å². The summed E-state index contributed by atoms with van der Waals surface area (Å²) < 4.78 is 58.4. The van der Waals surface area contributed by atoms with E-state index in [0.717, 1.165) is 54.8 Å². The lowest BCUT2D eigenvalue weighted by molar-refractivity contribution is -0.288. The Bertz CT molecular complexity index is 3760. The number of aliphatic hydroxyl groups is 1. The molecule has 29 heteroatoms. The molecule has 109 heavy (non-hydrogen) atoms. The van der Waals surface area contributed by atoms with Gasteiger partial charge in [-0.2, -0.15) is 0 Å². The lowest BCUT2D eigenvalue weighted by Crippen LogP contribution is -2.63. The average Bonchev–Trinajstić information content (AvgIpc) is 1.71. The van der Waals surface area contributed by atoms with Gasteiger partial charge in [0.25, 0.3) is 0 Å². The van der Waals surface area contributed by atoms with Crippen molar-refractivity contribution in [2.24, 2.45) is 23.7 Å². The van der Waals surface area contributed by atoms with Crippen molar-refractivity contribution in [3.63, 3.8) is 0 Å². The van der Waals surface area contributed by atoms with Crippen molar-refractivity contribution in [3.05, 3.63) is 125 Å². The molecule has 7 amide bonds. The number of hydrogen-bond acceptors (Lipinski definition) is 22. The highest BCUT2D eigenvalue weighted by Gasteiger charge is 2.54. The zero-order chi connectivity index (χ0) is 80.1. The van der Waals surface area contributed by atoms with Crippen molar-refractivity contribution in [2.45, 2.75) is 213 Å². The van der Waals surface area contributed by atoms with E-state index in [9.17, 15) is 53.1 Å². The number of alkyl carbamates (subject to hydrolysis) is 1. The van der Waals surface area contributed by atoms with Gasteiger partial charge in [-0.1, -0.05) is 140 Å². The number of aliphatic hydroxyl groups excluding tert-OH is 1. The summed E-state index contributed by atoms with van der Waals surface area (Å²) in [4.78, 5) is 154. The fourth-order valence-electron chi connectivity index (χ4n) is 14.5. The molecule has 2 aliphatic heterocycles. The van der Waals surface area contributed by atoms with E-state index in [1.165, 1.54) is 44.4 Å². The first-order valence-corrected chi connectivity index (χ1v) is 37.1. The number of fused-ring (bicyclic) bond motifs is 3. The van der Waals surface area contributed by atoms with Crippen LogP contribution >= 0.6 is 0 Å². The Labute approximate surface area is 637 Å². The molecule has 15 atom stereocenters. The minimum atomic E-state index is -1.70. The quantitative estimate of drug-likeness (QED) is 0.0216. The molecule has 4 aromatic carbocycles. The molecule has 596 valence electrons. The van der Waals surface area contributed by atoms with Gasteiger partial charge in [0.05, 0.1) is 48.8 Å². The maximum atomic E-state index is 15.0. The smallest absolute Gasteiger partial charge is 0.410 e. The second-order valence-electron chi connectivity index (χ2n) is 28.7. The first-order chi connectivity index (χ1) is 51.8. The van der Waals surface area contributed by atoms with E-state index in [4.69, 9.17) is 47.4 Å². The highest BCUT2D eigenvalue weighted by atomic mass is 16.7. The van der Waals surface area contributed by atoms with Gasteiger partial charge in [0.15, 0.2) is 12.2 Å². The molecule has 5 N–H and O–H groups in total. The number of nitrogens with zero attached hydrogens (tertiary/aromatic N) is 3. The third-order valence-corrected chi connectivity index (χ3v) is 20.2. The molecule has 1 aliphatic carbocycles. The van der Waals surface area contributed by atoms with Gasteiger partial charge >= 0.3 is 36.1 Å². The second-order valence-corrected chi connectivity index (χ2v) is 28.7. The predicted molar refractivity (Wildman–Crippen MR) is 397 cm³/mol. The van der Waals surface area contributed by atoms with Crippen LogP contribution in [0.1, 0.15) is 155 Å². The second kappa shape index (κ2) is 40.6. The summed E-state index contributed by atoms with van der Waals surface area (Å²) in [6.07, 6.45) is -10.5. The summed E-state index contributed by atoms with van der Waals surface area (Å²) >= 11 is 0. The van der Waals surface area contributed by atoms with Crippen molar-refractivity contribution in [2.75, 3.05) is 54.6 Å². The number of methoxy groups -OCH3 is 2. The number of carbonyl (C=O) groups is 11. The summed E-state index contributed by atoms with van der Waals surface area (Å²) in [5.41, 5.74) is 5.33. The van der Waals surface area contributed by atoms with E-state index in [0.29, 0.717) is 36.9 Å². The Morgan fingerprint density at radius 1 is 0.661 bits per heavy atom. The van der Waals surface area contributed by atoms with E-state index in [2.05, 4.69) is 21.3 Å². The molecule has 0 aromatic heterocycles. The Hall–Kier alpha value is -9.71. The molecule has 2 saturated heterocycles. The van der Waals surface area contributed by atoms with E-state index in [-0.39, 0.29) is 67.5 Å². The molecule has 2 heterocycles. The molecule has 4 aromatic rings. The minimum Gasteiger partial charge on any atom is -0.463 e. The number of hydrogen-bond donors (Lipinski definition) is 5. The number of esters is 4. The number of carbonyl (C=O) groups excluding carboxylic acids is 11. The van der Waals surface area contributed by atoms with E-state index in [1.54, 1.807) is 65.6 Å². The fraction of sp³-hybridized carbons (Fsp3) is 0.562. The Balaban J connectivity index is 1.05. The maximum absolute atomic E-state index is 15.0. The van der Waals surface area contributed by atoms with Crippen LogP contribution in [0, 0.1) is 23.7 Å². The topological polar surface area (TPSA) is 358 Å². The highest BCUT2D eigenvalue weighted by Crippen LogP contribution is 2.45. The van der Waals surface area contributed by atoms with Gasteiger partial charge in [0.2, 0.25) is 41.9 Å². The molecule has 7 rings (SSSR count). The number of nitrogens with one attached hydrogen (secondary N) is 4. The maximum Gasteiger partial charge on any atom is 0.410 e. The number of amides is 7. The number of likely N-dealkylation sites (tertiary alicyclic amines) is 1. The van der Waals surface area contributed by atoms with Crippen LogP contribution in [0.15, 0.2) is 97.1 Å². The molecule has 2 fully saturated rings. The number of likely N-dealkylation sites (N-methyl/N-ethyl adjacent to an activating group) is 2. The van der Waals surface area contributed by atoms with Gasteiger partial charge in [0, 0.05) is 93.5 Å². The molecule has 0 bridgehead atoms. The minimum absolute atomic E-state index is 0.0302. The lowest BCUT2D eigenvalue weighted by atomic mass is 9.89. The van der Waals surface area contributed by atoms with E-state index < -0.39 is 164 Å². The first-order valence-electron chi connectivity index (χ1n) is 37.1. The van der Waals surface area contributed by atoms with Gasteiger partial charge in [-0.25, -0.2) is 9.59 Å². The third-order valence-electron chi connectivity index (χ3n) is 20.2. The van der Waals surface area contributed by atoms with Gasteiger partial charge in [0.1, 0.15) is 43.8 Å². The highest BCUT2D eigenvalue weighted by molar-refractivity contribution is 5.92. The van der Waals surface area contributed by atoms with Crippen molar-refractivity contribution in [3.8, 4) is 16.9 Å². The first kappa shape index (κ1) is 86.5. The predicted octanol–water partition coefficient (Wildman–Crippen LogP) is 7.59. The number of ether oxygens (including phenoxy) is 10. The zero-order valence-corrected chi connectivity index (χ0v) is 65.3. The summed E-state index contributed by atoms with van der Waals surface area (Å²) in [7, 11) is 5.97. The van der Waals surface area contributed by atoms with Crippen LogP contribution in [0.2, 0.25) is 0 Å². The molecule has 0 radical (unpaired) electrons. The van der Waals surface area contributed by atoms with Gasteiger partial charge in [-0.3, -0.25) is 48.1 Å². The van der Waals surface area contributed by atoms with Crippen molar-refractivity contribution in [1.82, 2.24) is 36.0 Å². The van der Waals surface area contributed by atoms with E-state index >= 15 is 4.79 Å². The Morgan fingerprint density at radius 2 is 1.28 bits per heavy atom. The summed E-state index contributed by atoms with van der Waals surface area (Å²) in [6, 6.07) is 25.1. The third kappa shape index (κ3) is 22.9. The van der Waals surface area contributed by atoms with Gasteiger partial charge in [-0.15, -0.1) is 0 Å². The monoisotopic (exact) mass is 1520 g/mol. The molecule has 29 nitrogen and oxygen atoms in total. The van der Waals surface area contributed by atoms with Crippen molar-refractivity contribution in [1.29, 1.82) is 0 Å². The van der Waals surface area contributed by atoms with Gasteiger partial charge < -0.3 is 83.5 Å². The largest absolute Gasteiger partial charge is 0.463 e. The molecule has 0 unspecified atom stereocenters. The molecule has 0 saturated carbocycles. The molecular weight excluding hydrogens is 1410 g/mol. The van der Waals surface area contributed by atoms with Crippen LogP contribution < -0.4 is 26.0 Å². The molecule has 3 aliphatic rings. The number of benzene rings is 4. The molecular formula is C80H109N7O22. The standard InChI is InChI=1S/C80H109N7O22/c1-17-46(6)69(63(100-15)39-66(93)87-37-25-32-61(87)71(101-16)47(7)75(95)83-48(8)70(94)54-26-19-18-20-27-54)85(13)77(97)67(44(2)3)84-76(96)68(45(4)5)86(14)80(99)104-41-53-33-34-62(108-78-74(107-52(12)91)73(106-51(11)90)72(105-50(10)89)64(109-78)43-102-49(9)88)55(38-53)40-82-65(92)35-36-81-79(98)103-42-60-58-30-23-21-28-56(58)57-29-22-24-31-59(57)60/h18-24,26-31,33-34,38,44-48,60-61,63-64,67-74,78,94H,17,25,32,35-37,39-43H2,1-16H3,(H,81,98)(H,82,92)(H,83,95)(H,84,96)/t46-,47+,48+,61-,63+,64+,67-,68-,69-,70+,71+,72+,73-,74+,78+/m0/s1. The average molecular weight is 1520 g/mol. The summed E-state index contributed by atoms with van der Waals surface area (Å²) in [6.45, 7) is 17.7. The van der Waals surface area contributed by atoms with Gasteiger partial charge in [-0.05, 0) is 83.0 Å². The Morgan fingerprint density at radius 3 is 1.86 bits per heavy atom. The summed E-state index contributed by atoms with van der Waals surface area (Å²) in [5, 5.41) is 22.3. The van der Waals surface area contributed by atoms with Crippen LogP contribution in [0.4, 0.5) is 9.59 Å². The zero-order valence-electron chi connectivity index (χ0n) is 65.3. The fourth-order valence-corrected chi connectivity index (χ4v) is 14.5.